The number of nitrogens with one attached hydrogen (secondary N) is 1. The van der Waals surface area contributed by atoms with E-state index in [0.29, 0.717) is 24.7 Å². The summed E-state index contributed by atoms with van der Waals surface area (Å²) in [6.45, 7) is 4.86. The van der Waals surface area contributed by atoms with Crippen LogP contribution in [0.25, 0.3) is 0 Å². The molecular weight excluding hydrogens is 406 g/mol. The molecule has 0 aliphatic carbocycles. The van der Waals surface area contributed by atoms with Gasteiger partial charge in [0.15, 0.2) is 11.5 Å². The number of amides is 1. The normalized spacial score (nSPS) is 14.8. The lowest BCUT2D eigenvalue weighted by Gasteiger charge is -2.27. The number of likely N-dealkylation sites (N-methyl/N-ethyl adjacent to an activating group) is 1. The predicted molar refractivity (Wildman–Crippen MR) is 112 cm³/mol. The Labute approximate surface area is 177 Å². The van der Waals surface area contributed by atoms with Gasteiger partial charge in [-0.05, 0) is 30.2 Å². The van der Waals surface area contributed by atoms with Crippen molar-refractivity contribution in [1.29, 1.82) is 0 Å². The predicted octanol–water partition coefficient (Wildman–Crippen LogP) is 2.20. The molecule has 0 saturated carbocycles. The fourth-order valence-electron chi connectivity index (χ4n) is 3.07. The molecule has 2 aromatic rings. The summed E-state index contributed by atoms with van der Waals surface area (Å²) < 4.78 is 39.7. The summed E-state index contributed by atoms with van der Waals surface area (Å²) in [5, 5.41) is 0. The highest BCUT2D eigenvalue weighted by atomic mass is 32.2. The molecule has 8 nitrogen and oxygen atoms in total. The fraction of sp³-hybridized carbons (Fsp3) is 0.429. The molecule has 1 aromatic carbocycles. The average molecular weight is 434 g/mol. The number of pyridine rings is 1. The number of rotatable bonds is 7. The van der Waals surface area contributed by atoms with E-state index in [4.69, 9.17) is 9.47 Å². The molecule has 30 heavy (non-hydrogen) atoms. The van der Waals surface area contributed by atoms with E-state index in [1.165, 1.54) is 17.0 Å². The number of aromatic nitrogens is 1. The molecule has 1 aliphatic rings. The lowest BCUT2D eigenvalue weighted by atomic mass is 10.0. The summed E-state index contributed by atoms with van der Waals surface area (Å²) in [6.07, 6.45) is 2.38. The van der Waals surface area contributed by atoms with E-state index < -0.39 is 16.1 Å². The molecular formula is C21H27N3O5S. The summed E-state index contributed by atoms with van der Waals surface area (Å²) in [7, 11) is -2.32. The van der Waals surface area contributed by atoms with Crippen molar-refractivity contribution in [3.8, 4) is 11.5 Å². The second-order valence-electron chi connectivity index (χ2n) is 7.52. The minimum absolute atomic E-state index is 0.0255. The SMILES string of the molecule is CC(C)C(NS(=O)(=O)c1ccc2c(c1)OCCCO2)C(=O)N(C)Cc1ccccn1. The summed E-state index contributed by atoms with van der Waals surface area (Å²) in [5.41, 5.74) is 0.724. The van der Waals surface area contributed by atoms with Gasteiger partial charge in [0.25, 0.3) is 0 Å². The van der Waals surface area contributed by atoms with Gasteiger partial charge in [-0.15, -0.1) is 0 Å². The first kappa shape index (κ1) is 22.0. The highest BCUT2D eigenvalue weighted by Gasteiger charge is 2.31. The van der Waals surface area contributed by atoms with E-state index >= 15 is 0 Å². The second kappa shape index (κ2) is 9.44. The zero-order chi connectivity index (χ0) is 21.7. The molecule has 1 atom stereocenters. The highest BCUT2D eigenvalue weighted by Crippen LogP contribution is 2.32. The Balaban J connectivity index is 1.78. The Morgan fingerprint density at radius 2 is 1.90 bits per heavy atom. The quantitative estimate of drug-likeness (QED) is 0.719. The third-order valence-electron chi connectivity index (χ3n) is 4.75. The van der Waals surface area contributed by atoms with E-state index in [-0.39, 0.29) is 23.3 Å². The molecule has 0 radical (unpaired) electrons. The highest BCUT2D eigenvalue weighted by molar-refractivity contribution is 7.89. The minimum Gasteiger partial charge on any atom is -0.490 e. The van der Waals surface area contributed by atoms with Crippen LogP contribution in [0.5, 0.6) is 11.5 Å². The van der Waals surface area contributed by atoms with Crippen LogP contribution < -0.4 is 14.2 Å². The van der Waals surface area contributed by atoms with Crippen molar-refractivity contribution in [1.82, 2.24) is 14.6 Å². The molecule has 0 fully saturated rings. The standard InChI is InChI=1S/C21H27N3O5S/c1-15(2)20(21(25)24(3)14-16-7-4-5-10-22-16)23-30(26,27)17-8-9-18-19(13-17)29-12-6-11-28-18/h4-5,7-10,13,15,20,23H,6,11-12,14H2,1-3H3. The molecule has 9 heteroatoms. The summed E-state index contributed by atoms with van der Waals surface area (Å²) >= 11 is 0. The summed E-state index contributed by atoms with van der Waals surface area (Å²) in [6, 6.07) is 9.00. The van der Waals surface area contributed by atoms with Crippen molar-refractivity contribution in [2.24, 2.45) is 5.92 Å². The van der Waals surface area contributed by atoms with E-state index in [0.717, 1.165) is 12.1 Å². The van der Waals surface area contributed by atoms with Gasteiger partial charge in [0.1, 0.15) is 6.04 Å². The number of carbonyl (C=O) groups is 1. The van der Waals surface area contributed by atoms with Crippen molar-refractivity contribution < 1.29 is 22.7 Å². The molecule has 1 unspecified atom stereocenters. The Bertz CT molecular complexity index is 979. The summed E-state index contributed by atoms with van der Waals surface area (Å²) in [5.74, 6) is 0.320. The van der Waals surface area contributed by atoms with Crippen LogP contribution in [-0.2, 0) is 21.4 Å². The van der Waals surface area contributed by atoms with Crippen molar-refractivity contribution >= 4 is 15.9 Å². The molecule has 1 aromatic heterocycles. The molecule has 0 spiro atoms. The number of ether oxygens (including phenoxy) is 2. The molecule has 162 valence electrons. The molecule has 1 N–H and O–H groups in total. The number of fused-ring (bicyclic) bond motifs is 1. The molecule has 3 rings (SSSR count). The first-order valence-electron chi connectivity index (χ1n) is 9.85. The molecule has 1 aliphatic heterocycles. The van der Waals surface area contributed by atoms with Gasteiger partial charge in [-0.25, -0.2) is 8.42 Å². The van der Waals surface area contributed by atoms with Gasteiger partial charge in [0.05, 0.1) is 30.3 Å². The van der Waals surface area contributed by atoms with Gasteiger partial charge in [-0.1, -0.05) is 19.9 Å². The smallest absolute Gasteiger partial charge is 0.241 e. The lowest BCUT2D eigenvalue weighted by molar-refractivity contribution is -0.133. The topological polar surface area (TPSA) is 97.8 Å². The minimum atomic E-state index is -3.95. The molecule has 0 bridgehead atoms. The fourth-order valence-corrected chi connectivity index (χ4v) is 4.42. The maximum atomic E-state index is 13.0. The number of hydrogen-bond donors (Lipinski definition) is 1. The third kappa shape index (κ3) is 5.28. The van der Waals surface area contributed by atoms with Gasteiger partial charge in [0.2, 0.25) is 15.9 Å². The van der Waals surface area contributed by atoms with Crippen LogP contribution in [-0.4, -0.2) is 50.5 Å². The molecule has 1 amide bonds. The van der Waals surface area contributed by atoms with E-state index in [1.54, 1.807) is 39.2 Å². The maximum Gasteiger partial charge on any atom is 0.241 e. The summed E-state index contributed by atoms with van der Waals surface area (Å²) in [4.78, 5) is 18.7. The maximum absolute atomic E-state index is 13.0. The Morgan fingerprint density at radius 3 is 2.57 bits per heavy atom. The number of sulfonamides is 1. The largest absolute Gasteiger partial charge is 0.490 e. The van der Waals surface area contributed by atoms with Crippen LogP contribution in [0.3, 0.4) is 0 Å². The Kier molecular flexibility index (Phi) is 6.94. The average Bonchev–Trinajstić information content (AvgIpc) is 2.97. The number of hydrogen-bond acceptors (Lipinski definition) is 6. The van der Waals surface area contributed by atoms with Gasteiger partial charge in [-0.3, -0.25) is 9.78 Å². The number of benzene rings is 1. The lowest BCUT2D eigenvalue weighted by Crippen LogP contribution is -2.49. The van der Waals surface area contributed by atoms with Crippen LogP contribution >= 0.6 is 0 Å². The second-order valence-corrected chi connectivity index (χ2v) is 9.23. The van der Waals surface area contributed by atoms with E-state index in [1.807, 2.05) is 12.1 Å². The van der Waals surface area contributed by atoms with Gasteiger partial charge < -0.3 is 14.4 Å². The first-order valence-corrected chi connectivity index (χ1v) is 11.3. The van der Waals surface area contributed by atoms with Crippen molar-refractivity contribution in [2.45, 2.75) is 37.8 Å². The van der Waals surface area contributed by atoms with Crippen LogP contribution in [0.15, 0.2) is 47.5 Å². The number of nitrogens with zero attached hydrogens (tertiary/aromatic N) is 2. The van der Waals surface area contributed by atoms with Crippen molar-refractivity contribution in [3.63, 3.8) is 0 Å². The Morgan fingerprint density at radius 1 is 1.17 bits per heavy atom. The first-order chi connectivity index (χ1) is 14.3. The van der Waals surface area contributed by atoms with E-state index in [9.17, 15) is 13.2 Å². The third-order valence-corrected chi connectivity index (χ3v) is 6.18. The van der Waals surface area contributed by atoms with E-state index in [2.05, 4.69) is 9.71 Å². The van der Waals surface area contributed by atoms with Crippen molar-refractivity contribution in [3.05, 3.63) is 48.3 Å². The van der Waals surface area contributed by atoms with Crippen LogP contribution in [0, 0.1) is 5.92 Å². The number of carbonyl (C=O) groups excluding carboxylic acids is 1. The van der Waals surface area contributed by atoms with Crippen molar-refractivity contribution in [2.75, 3.05) is 20.3 Å². The van der Waals surface area contributed by atoms with Crippen LogP contribution in [0.2, 0.25) is 0 Å². The van der Waals surface area contributed by atoms with Gasteiger partial charge >= 0.3 is 0 Å². The van der Waals surface area contributed by atoms with Crippen LogP contribution in [0.1, 0.15) is 26.0 Å². The zero-order valence-corrected chi connectivity index (χ0v) is 18.2. The molecule has 2 heterocycles. The Hall–Kier alpha value is -2.65. The zero-order valence-electron chi connectivity index (χ0n) is 17.4. The molecule has 0 saturated heterocycles. The van der Waals surface area contributed by atoms with Crippen LogP contribution in [0.4, 0.5) is 0 Å². The van der Waals surface area contributed by atoms with Gasteiger partial charge in [-0.2, -0.15) is 4.72 Å². The monoisotopic (exact) mass is 433 g/mol. The van der Waals surface area contributed by atoms with Gasteiger partial charge in [0, 0.05) is 25.7 Å².